The lowest BCUT2D eigenvalue weighted by molar-refractivity contribution is -0.132. The van der Waals surface area contributed by atoms with Crippen LogP contribution in [0, 0.1) is 0 Å². The lowest BCUT2D eigenvalue weighted by Crippen LogP contribution is -2.31. The lowest BCUT2D eigenvalue weighted by Gasteiger charge is -2.23. The van der Waals surface area contributed by atoms with E-state index in [9.17, 15) is 4.79 Å². The molecule has 4 rings (SSSR count). The molecule has 2 aromatic heterocycles. The van der Waals surface area contributed by atoms with Gasteiger partial charge in [-0.1, -0.05) is 22.0 Å². The highest BCUT2D eigenvalue weighted by Gasteiger charge is 2.20. The second kappa shape index (κ2) is 8.48. The minimum absolute atomic E-state index is 0.0161. The summed E-state index contributed by atoms with van der Waals surface area (Å²) in [5.41, 5.74) is 1.81. The number of fused-ring (bicyclic) bond motifs is 1. The van der Waals surface area contributed by atoms with Crippen LogP contribution in [0.4, 0.5) is 0 Å². The summed E-state index contributed by atoms with van der Waals surface area (Å²) in [5, 5.41) is 0. The average Bonchev–Trinajstić information content (AvgIpc) is 3.22. The van der Waals surface area contributed by atoms with Crippen molar-refractivity contribution in [3.8, 4) is 11.5 Å². The molecule has 0 aliphatic carbocycles. The number of aromatic nitrogens is 1. The fourth-order valence-electron chi connectivity index (χ4n) is 3.05. The Morgan fingerprint density at radius 2 is 1.93 bits per heavy atom. The molecule has 144 valence electrons. The molecule has 7 heteroatoms. The maximum Gasteiger partial charge on any atom is 0.227 e. The SMILES string of the molecule is O=C(Cc1cc2c(cc1Br)OCCO2)N(Cc1cccnc1)Cc1ccco1. The van der Waals surface area contributed by atoms with Crippen LogP contribution in [0.15, 0.2) is 63.9 Å². The first-order chi connectivity index (χ1) is 13.7. The summed E-state index contributed by atoms with van der Waals surface area (Å²) in [5.74, 6) is 2.08. The van der Waals surface area contributed by atoms with Crippen molar-refractivity contribution in [2.45, 2.75) is 19.5 Å². The Balaban J connectivity index is 1.55. The summed E-state index contributed by atoms with van der Waals surface area (Å²) in [6.07, 6.45) is 5.33. The van der Waals surface area contributed by atoms with Crippen molar-refractivity contribution in [3.63, 3.8) is 0 Å². The van der Waals surface area contributed by atoms with Crippen molar-refractivity contribution in [1.82, 2.24) is 9.88 Å². The largest absolute Gasteiger partial charge is 0.486 e. The molecule has 0 unspecified atom stereocenters. The molecule has 1 amide bonds. The van der Waals surface area contributed by atoms with E-state index in [-0.39, 0.29) is 12.3 Å². The number of amides is 1. The number of furan rings is 1. The van der Waals surface area contributed by atoms with Gasteiger partial charge in [0.1, 0.15) is 19.0 Å². The van der Waals surface area contributed by atoms with E-state index >= 15 is 0 Å². The topological polar surface area (TPSA) is 64.8 Å². The summed E-state index contributed by atoms with van der Waals surface area (Å²) in [7, 11) is 0. The maximum absolute atomic E-state index is 13.1. The number of nitrogens with zero attached hydrogens (tertiary/aromatic N) is 2. The van der Waals surface area contributed by atoms with E-state index in [1.807, 2.05) is 36.4 Å². The van der Waals surface area contributed by atoms with Gasteiger partial charge < -0.3 is 18.8 Å². The van der Waals surface area contributed by atoms with Crippen LogP contribution in [0.3, 0.4) is 0 Å². The molecule has 0 fully saturated rings. The van der Waals surface area contributed by atoms with E-state index in [4.69, 9.17) is 13.9 Å². The molecule has 0 atom stereocenters. The first kappa shape index (κ1) is 18.6. The zero-order valence-electron chi connectivity index (χ0n) is 15.1. The Hall–Kier alpha value is -2.80. The van der Waals surface area contributed by atoms with E-state index in [1.165, 1.54) is 0 Å². The number of benzene rings is 1. The second-order valence-corrected chi connectivity index (χ2v) is 7.31. The number of hydrogen-bond donors (Lipinski definition) is 0. The van der Waals surface area contributed by atoms with Gasteiger partial charge in [0.05, 0.1) is 19.2 Å². The molecule has 0 radical (unpaired) electrons. The maximum atomic E-state index is 13.1. The van der Waals surface area contributed by atoms with E-state index in [1.54, 1.807) is 23.6 Å². The minimum Gasteiger partial charge on any atom is -0.486 e. The van der Waals surface area contributed by atoms with Crippen molar-refractivity contribution in [3.05, 3.63) is 76.4 Å². The number of carbonyl (C=O) groups excluding carboxylic acids is 1. The first-order valence-corrected chi connectivity index (χ1v) is 9.75. The fraction of sp³-hybridized carbons (Fsp3) is 0.238. The summed E-state index contributed by atoms with van der Waals surface area (Å²) in [4.78, 5) is 19.0. The van der Waals surface area contributed by atoms with Gasteiger partial charge in [0.2, 0.25) is 5.91 Å². The molecular weight excluding hydrogens is 424 g/mol. The average molecular weight is 443 g/mol. The standard InChI is InChI=1S/C21H19BrN2O4/c22-18-11-20-19(27-7-8-28-20)9-16(18)10-21(25)24(14-17-4-2-6-26-17)13-15-3-1-5-23-12-15/h1-6,9,11-12H,7-8,10,13-14H2. The van der Waals surface area contributed by atoms with Gasteiger partial charge in [-0.3, -0.25) is 9.78 Å². The smallest absolute Gasteiger partial charge is 0.227 e. The predicted molar refractivity (Wildman–Crippen MR) is 106 cm³/mol. The van der Waals surface area contributed by atoms with Crippen LogP contribution in [0.1, 0.15) is 16.9 Å². The van der Waals surface area contributed by atoms with Crippen LogP contribution >= 0.6 is 15.9 Å². The van der Waals surface area contributed by atoms with Crippen LogP contribution in [0.25, 0.3) is 0 Å². The third kappa shape index (κ3) is 4.36. The molecular formula is C21H19BrN2O4. The Kier molecular flexibility index (Phi) is 5.62. The van der Waals surface area contributed by atoms with E-state index in [2.05, 4.69) is 20.9 Å². The van der Waals surface area contributed by atoms with Crippen molar-refractivity contribution in [2.75, 3.05) is 13.2 Å². The first-order valence-electron chi connectivity index (χ1n) is 8.96. The highest BCUT2D eigenvalue weighted by molar-refractivity contribution is 9.10. The Labute approximate surface area is 171 Å². The van der Waals surface area contributed by atoms with Gasteiger partial charge in [0.25, 0.3) is 0 Å². The van der Waals surface area contributed by atoms with Gasteiger partial charge in [-0.15, -0.1) is 0 Å². The zero-order chi connectivity index (χ0) is 19.3. The normalized spacial score (nSPS) is 12.6. The van der Waals surface area contributed by atoms with Crippen LogP contribution < -0.4 is 9.47 Å². The van der Waals surface area contributed by atoms with Crippen molar-refractivity contribution < 1.29 is 18.7 Å². The molecule has 6 nitrogen and oxygen atoms in total. The number of rotatable bonds is 6. The third-order valence-corrected chi connectivity index (χ3v) is 5.17. The van der Waals surface area contributed by atoms with Crippen LogP contribution in [-0.4, -0.2) is 29.0 Å². The lowest BCUT2D eigenvalue weighted by atomic mass is 10.1. The molecule has 28 heavy (non-hydrogen) atoms. The molecule has 0 saturated heterocycles. The zero-order valence-corrected chi connectivity index (χ0v) is 16.7. The number of hydrogen-bond acceptors (Lipinski definition) is 5. The van der Waals surface area contributed by atoms with E-state index in [0.717, 1.165) is 21.4 Å². The summed E-state index contributed by atoms with van der Waals surface area (Å²) in [6, 6.07) is 11.2. The fourth-order valence-corrected chi connectivity index (χ4v) is 3.51. The number of ether oxygens (including phenoxy) is 2. The van der Waals surface area contributed by atoms with Gasteiger partial charge in [-0.2, -0.15) is 0 Å². The summed E-state index contributed by atoms with van der Waals surface area (Å²) >= 11 is 3.55. The minimum atomic E-state index is -0.0161. The second-order valence-electron chi connectivity index (χ2n) is 6.45. The third-order valence-electron chi connectivity index (χ3n) is 4.43. The molecule has 3 aromatic rings. The molecule has 0 saturated carbocycles. The van der Waals surface area contributed by atoms with Crippen molar-refractivity contribution in [2.24, 2.45) is 0 Å². The van der Waals surface area contributed by atoms with E-state index in [0.29, 0.717) is 37.8 Å². The number of carbonyl (C=O) groups is 1. The Morgan fingerprint density at radius 3 is 2.64 bits per heavy atom. The highest BCUT2D eigenvalue weighted by Crippen LogP contribution is 2.36. The van der Waals surface area contributed by atoms with Crippen LogP contribution in [-0.2, 0) is 24.3 Å². The van der Waals surface area contributed by atoms with Crippen molar-refractivity contribution >= 4 is 21.8 Å². The van der Waals surface area contributed by atoms with Gasteiger partial charge in [0.15, 0.2) is 11.5 Å². The predicted octanol–water partition coefficient (Wildman–Crippen LogP) is 3.98. The summed E-state index contributed by atoms with van der Waals surface area (Å²) in [6.45, 7) is 1.88. The molecule has 3 heterocycles. The van der Waals surface area contributed by atoms with Crippen molar-refractivity contribution in [1.29, 1.82) is 0 Å². The molecule has 1 aliphatic rings. The van der Waals surface area contributed by atoms with Gasteiger partial charge >= 0.3 is 0 Å². The number of pyridine rings is 1. The Morgan fingerprint density at radius 1 is 1.11 bits per heavy atom. The van der Waals surface area contributed by atoms with Gasteiger partial charge in [-0.05, 0) is 41.5 Å². The van der Waals surface area contributed by atoms with E-state index < -0.39 is 0 Å². The highest BCUT2D eigenvalue weighted by atomic mass is 79.9. The number of halogens is 1. The Bertz CT molecular complexity index is 945. The molecule has 0 N–H and O–H groups in total. The summed E-state index contributed by atoms with van der Waals surface area (Å²) < 4.78 is 17.5. The molecule has 1 aliphatic heterocycles. The van der Waals surface area contributed by atoms with Gasteiger partial charge in [0, 0.05) is 23.4 Å². The monoisotopic (exact) mass is 442 g/mol. The molecule has 0 bridgehead atoms. The quantitative estimate of drug-likeness (QED) is 0.577. The van der Waals surface area contributed by atoms with Crippen LogP contribution in [0.2, 0.25) is 0 Å². The molecule has 0 spiro atoms. The molecule has 1 aromatic carbocycles. The van der Waals surface area contributed by atoms with Crippen LogP contribution in [0.5, 0.6) is 11.5 Å². The van der Waals surface area contributed by atoms with Gasteiger partial charge in [-0.25, -0.2) is 0 Å².